The Kier molecular flexibility index (Phi) is 6.88. The molecule has 4 aromatic rings. The van der Waals surface area contributed by atoms with Gasteiger partial charge in [0.2, 0.25) is 0 Å². The van der Waals surface area contributed by atoms with Gasteiger partial charge in [-0.25, -0.2) is 9.37 Å². The Morgan fingerprint density at radius 1 is 1.07 bits per heavy atom. The zero-order valence-corrected chi connectivity index (χ0v) is 26.4. The van der Waals surface area contributed by atoms with Gasteiger partial charge in [0.05, 0.1) is 37.9 Å². The highest BCUT2D eigenvalue weighted by atomic mass is 28.2. The number of benzene rings is 3. The number of epoxide rings is 1. The van der Waals surface area contributed by atoms with Crippen molar-refractivity contribution in [1.29, 1.82) is 0 Å². The second-order valence-corrected chi connectivity index (χ2v) is 14.5. The Bertz CT molecular complexity index is 1770. The summed E-state index contributed by atoms with van der Waals surface area (Å²) in [5, 5.41) is 0. The molecule has 2 radical (unpaired) electrons. The number of fused-ring (bicyclic) bond motifs is 2. The lowest BCUT2D eigenvalue weighted by Crippen LogP contribution is -2.38. The van der Waals surface area contributed by atoms with Gasteiger partial charge in [-0.2, -0.15) is 0 Å². The first kappa shape index (κ1) is 28.0. The van der Waals surface area contributed by atoms with E-state index in [1.54, 1.807) is 13.2 Å². The Morgan fingerprint density at radius 3 is 2.68 bits per heavy atom. The third-order valence-corrected chi connectivity index (χ3v) is 11.6. The first-order valence-electron chi connectivity index (χ1n) is 15.8. The summed E-state index contributed by atoms with van der Waals surface area (Å²) in [6.07, 6.45) is 4.07. The third-order valence-electron chi connectivity index (χ3n) is 9.97. The van der Waals surface area contributed by atoms with E-state index < -0.39 is 0 Å². The first-order chi connectivity index (χ1) is 21.4. The minimum Gasteiger partial charge on any atom is -0.371 e. The van der Waals surface area contributed by atoms with E-state index in [0.717, 1.165) is 61.1 Å². The van der Waals surface area contributed by atoms with Crippen LogP contribution in [-0.4, -0.2) is 68.6 Å². The van der Waals surface area contributed by atoms with Crippen LogP contribution in [0.2, 0.25) is 5.54 Å². The number of methoxy groups -OCH3 is 1. The molecule has 1 saturated carbocycles. The van der Waals surface area contributed by atoms with E-state index in [9.17, 15) is 4.79 Å². The van der Waals surface area contributed by atoms with Crippen LogP contribution in [0, 0.1) is 5.82 Å². The molecular weight excluding hydrogens is 571 g/mol. The van der Waals surface area contributed by atoms with Gasteiger partial charge >= 0.3 is 0 Å². The van der Waals surface area contributed by atoms with E-state index in [4.69, 9.17) is 14.5 Å². The maximum Gasteiger partial charge on any atom is 0.254 e. The van der Waals surface area contributed by atoms with Crippen LogP contribution in [-0.2, 0) is 22.9 Å². The first-order valence-corrected chi connectivity index (χ1v) is 16.9. The molecule has 8 rings (SSSR count). The summed E-state index contributed by atoms with van der Waals surface area (Å²) in [7, 11) is 4.32. The highest BCUT2D eigenvalue weighted by Gasteiger charge is 2.42. The number of aryl methyl sites for hydroxylation is 1. The zero-order chi connectivity index (χ0) is 30.1. The van der Waals surface area contributed by atoms with Crippen LogP contribution in [0.4, 0.5) is 10.1 Å². The summed E-state index contributed by atoms with van der Waals surface area (Å²) < 4.78 is 28.6. The molecule has 3 aromatic carbocycles. The van der Waals surface area contributed by atoms with E-state index in [-0.39, 0.29) is 29.8 Å². The Hall–Kier alpha value is -3.53. The van der Waals surface area contributed by atoms with Gasteiger partial charge in [0.1, 0.15) is 11.6 Å². The number of amides is 1. The second kappa shape index (κ2) is 10.8. The number of anilines is 1. The molecule has 2 unspecified atom stereocenters. The van der Waals surface area contributed by atoms with Crippen molar-refractivity contribution < 1.29 is 18.7 Å². The third kappa shape index (κ3) is 4.85. The number of rotatable bonds is 7. The summed E-state index contributed by atoms with van der Waals surface area (Å²) in [5.74, 6) is 0.753. The van der Waals surface area contributed by atoms with E-state index in [2.05, 4.69) is 36.1 Å². The van der Waals surface area contributed by atoms with Crippen molar-refractivity contribution in [1.82, 2.24) is 14.5 Å². The summed E-state index contributed by atoms with van der Waals surface area (Å²) >= 11 is 0. The predicted octanol–water partition coefficient (Wildman–Crippen LogP) is 6.05. The average Bonchev–Trinajstić information content (AvgIpc) is 3.95. The quantitative estimate of drug-likeness (QED) is 0.189. The van der Waals surface area contributed by atoms with E-state index in [0.29, 0.717) is 44.5 Å². The highest BCUT2D eigenvalue weighted by molar-refractivity contribution is 6.40. The number of hydrogen-bond acceptors (Lipinski definition) is 5. The maximum atomic E-state index is 15.8. The van der Waals surface area contributed by atoms with Crippen molar-refractivity contribution in [2.24, 2.45) is 7.05 Å². The highest BCUT2D eigenvalue weighted by Crippen LogP contribution is 2.45. The van der Waals surface area contributed by atoms with Crippen molar-refractivity contribution in [3.63, 3.8) is 0 Å². The smallest absolute Gasteiger partial charge is 0.254 e. The molecule has 9 heteroatoms. The predicted molar refractivity (Wildman–Crippen MR) is 170 cm³/mol. The van der Waals surface area contributed by atoms with Crippen LogP contribution in [0.1, 0.15) is 65.2 Å². The van der Waals surface area contributed by atoms with Crippen molar-refractivity contribution in [2.75, 3.05) is 31.6 Å². The maximum absolute atomic E-state index is 15.8. The van der Waals surface area contributed by atoms with Crippen LogP contribution < -0.4 is 4.90 Å². The van der Waals surface area contributed by atoms with Gasteiger partial charge in [-0.1, -0.05) is 24.3 Å². The number of hydrogen-bond donors (Lipinski definition) is 0. The molecule has 0 bridgehead atoms. The van der Waals surface area contributed by atoms with Gasteiger partial charge in [-0.05, 0) is 91.1 Å². The van der Waals surface area contributed by atoms with Gasteiger partial charge < -0.3 is 23.8 Å². The SMILES string of the molecule is COC1OC1[Si][C@@H]1CCN(c2ccc(-c3nc4c(C5CC5)cc(C(=O)N5CCc6ccccc6[C@H]5C)cc4n3C)c(F)c2)C1. The summed E-state index contributed by atoms with van der Waals surface area (Å²) in [6.45, 7) is 4.63. The summed E-state index contributed by atoms with van der Waals surface area (Å²) in [4.78, 5) is 23.3. The lowest BCUT2D eigenvalue weighted by atomic mass is 9.92. The van der Waals surface area contributed by atoms with Crippen LogP contribution in [0.3, 0.4) is 0 Å². The van der Waals surface area contributed by atoms with Crippen molar-refractivity contribution >= 4 is 32.1 Å². The topological polar surface area (TPSA) is 63.1 Å². The van der Waals surface area contributed by atoms with Crippen LogP contribution >= 0.6 is 0 Å². The average molecular weight is 609 g/mol. The fraction of sp³-hybridized carbons (Fsp3) is 0.429. The molecule has 3 aliphatic heterocycles. The number of halogens is 1. The molecule has 1 aliphatic carbocycles. The largest absolute Gasteiger partial charge is 0.371 e. The molecule has 0 spiro atoms. The standard InChI is InChI=1S/C35H37FN4O3Si/c1-20-26-7-5-4-6-21(26)12-15-40(20)33(41)23-16-28(22-8-9-22)31-30(17-23)38(2)32(37-31)27-11-10-24(18-29(27)36)39-14-13-25(19-39)44-35-34(42-3)43-35/h4-7,10-11,16-18,20,22,25,34-35H,8-9,12-15,19H2,1-3H3/t20-,25-,34?,35?/m1/s1. The minimum atomic E-state index is -0.276. The number of nitrogens with zero attached hydrogens (tertiary/aromatic N) is 4. The van der Waals surface area contributed by atoms with Gasteiger partial charge in [-0.3, -0.25) is 4.79 Å². The number of aromatic nitrogens is 2. The summed E-state index contributed by atoms with van der Waals surface area (Å²) in [6, 6.07) is 18.0. The van der Waals surface area contributed by atoms with Gasteiger partial charge in [0.25, 0.3) is 5.91 Å². The molecule has 2 saturated heterocycles. The Labute approximate surface area is 259 Å². The zero-order valence-electron chi connectivity index (χ0n) is 25.4. The van der Waals surface area contributed by atoms with Gasteiger partial charge in [-0.15, -0.1) is 0 Å². The number of carbonyl (C=O) groups is 1. The van der Waals surface area contributed by atoms with E-state index in [1.165, 1.54) is 11.1 Å². The Balaban J connectivity index is 1.08. The van der Waals surface area contributed by atoms with Gasteiger partial charge in [0, 0.05) is 45.0 Å². The van der Waals surface area contributed by atoms with Crippen LogP contribution in [0.5, 0.6) is 0 Å². The Morgan fingerprint density at radius 2 is 1.91 bits per heavy atom. The molecule has 4 aliphatic rings. The fourth-order valence-electron chi connectivity index (χ4n) is 7.24. The number of ether oxygens (including phenoxy) is 2. The molecule has 4 heterocycles. The fourth-order valence-corrected chi connectivity index (χ4v) is 8.83. The van der Waals surface area contributed by atoms with E-state index >= 15 is 4.39 Å². The number of carbonyl (C=O) groups excluding carboxylic acids is 1. The molecule has 226 valence electrons. The van der Waals surface area contributed by atoms with Crippen molar-refractivity contribution in [3.05, 3.63) is 82.7 Å². The van der Waals surface area contributed by atoms with E-state index in [1.807, 2.05) is 40.8 Å². The monoisotopic (exact) mass is 608 g/mol. The molecule has 7 nitrogen and oxygen atoms in total. The molecule has 0 N–H and O–H groups in total. The molecule has 1 amide bonds. The minimum absolute atomic E-state index is 0.0119. The molecule has 1 aromatic heterocycles. The van der Waals surface area contributed by atoms with Crippen molar-refractivity contribution in [2.45, 2.75) is 62.1 Å². The normalized spacial score (nSPS) is 24.6. The lowest BCUT2D eigenvalue weighted by molar-refractivity contribution is 0.0677. The van der Waals surface area contributed by atoms with Crippen molar-refractivity contribution in [3.8, 4) is 11.4 Å². The molecular formula is C35H37FN4O3Si. The second-order valence-electron chi connectivity index (χ2n) is 12.7. The van der Waals surface area contributed by atoms with Crippen LogP contribution in [0.15, 0.2) is 54.6 Å². The molecule has 44 heavy (non-hydrogen) atoms. The van der Waals surface area contributed by atoms with Crippen LogP contribution in [0.25, 0.3) is 22.4 Å². The molecule has 4 atom stereocenters. The lowest BCUT2D eigenvalue weighted by Gasteiger charge is -2.35. The molecule has 3 fully saturated rings. The summed E-state index contributed by atoms with van der Waals surface area (Å²) in [5.41, 5.74) is 8.24. The van der Waals surface area contributed by atoms with Gasteiger partial charge in [0.15, 0.2) is 6.29 Å². The number of imidazole rings is 1.